The van der Waals surface area contributed by atoms with Gasteiger partial charge >= 0.3 is 0 Å². The van der Waals surface area contributed by atoms with Crippen LogP contribution in [0.1, 0.15) is 25.8 Å². The highest BCUT2D eigenvalue weighted by Gasteiger charge is 2.13. The zero-order valence-electron chi connectivity index (χ0n) is 17.6. The average Bonchev–Trinajstić information content (AvgIpc) is 3.33. The van der Waals surface area contributed by atoms with Crippen LogP contribution >= 0.6 is 11.3 Å². The van der Waals surface area contributed by atoms with Crippen molar-refractivity contribution in [3.8, 4) is 28.6 Å². The van der Waals surface area contributed by atoms with Crippen molar-refractivity contribution in [2.75, 3.05) is 20.3 Å². The third-order valence-corrected chi connectivity index (χ3v) is 5.52. The molecule has 0 spiro atoms. The Hall–Kier alpha value is -3.39. The SMILES string of the molecule is CCCOc1ccc(C=c2sc3nc(-c4ccc(OC)cc4)nn3c2=O)cc1OCC. The van der Waals surface area contributed by atoms with Crippen LogP contribution in [-0.4, -0.2) is 34.9 Å². The topological polar surface area (TPSA) is 75.0 Å². The molecule has 0 fully saturated rings. The molecule has 0 N–H and O–H groups in total. The average molecular weight is 438 g/mol. The van der Waals surface area contributed by atoms with E-state index in [0.717, 1.165) is 23.3 Å². The Morgan fingerprint density at radius 3 is 2.55 bits per heavy atom. The third kappa shape index (κ3) is 4.39. The summed E-state index contributed by atoms with van der Waals surface area (Å²) in [5.41, 5.74) is 1.48. The molecule has 160 valence electrons. The number of benzene rings is 2. The van der Waals surface area contributed by atoms with Crippen molar-refractivity contribution < 1.29 is 14.2 Å². The van der Waals surface area contributed by atoms with E-state index in [4.69, 9.17) is 14.2 Å². The number of ether oxygens (including phenoxy) is 3. The van der Waals surface area contributed by atoms with E-state index in [9.17, 15) is 4.79 Å². The Kier molecular flexibility index (Phi) is 6.18. The Bertz CT molecular complexity index is 1300. The molecule has 2 aromatic carbocycles. The van der Waals surface area contributed by atoms with E-state index in [2.05, 4.69) is 17.0 Å². The molecule has 7 nitrogen and oxygen atoms in total. The second kappa shape index (κ2) is 9.18. The molecule has 4 rings (SSSR count). The summed E-state index contributed by atoms with van der Waals surface area (Å²) in [6.07, 6.45) is 2.74. The second-order valence-corrected chi connectivity index (χ2v) is 7.77. The minimum atomic E-state index is -0.198. The predicted octanol–water partition coefficient (Wildman–Crippen LogP) is 3.56. The van der Waals surface area contributed by atoms with Crippen molar-refractivity contribution in [3.05, 3.63) is 62.9 Å². The molecule has 0 amide bonds. The third-order valence-electron chi connectivity index (χ3n) is 4.56. The summed E-state index contributed by atoms with van der Waals surface area (Å²) >= 11 is 1.30. The minimum absolute atomic E-state index is 0.198. The van der Waals surface area contributed by atoms with Gasteiger partial charge in [0.15, 0.2) is 17.3 Å². The molecule has 0 radical (unpaired) electrons. The molecule has 0 aliphatic heterocycles. The Morgan fingerprint density at radius 1 is 1.06 bits per heavy atom. The summed E-state index contributed by atoms with van der Waals surface area (Å²) in [4.78, 5) is 17.9. The lowest BCUT2D eigenvalue weighted by atomic mass is 10.2. The van der Waals surface area contributed by atoms with E-state index in [1.165, 1.54) is 15.9 Å². The van der Waals surface area contributed by atoms with Gasteiger partial charge in [0.1, 0.15) is 5.75 Å². The first kappa shape index (κ1) is 20.9. The molecular weight excluding hydrogens is 414 g/mol. The van der Waals surface area contributed by atoms with Gasteiger partial charge in [-0.25, -0.2) is 0 Å². The van der Waals surface area contributed by atoms with Crippen LogP contribution in [0.5, 0.6) is 17.2 Å². The van der Waals surface area contributed by atoms with E-state index in [0.29, 0.717) is 40.0 Å². The maximum Gasteiger partial charge on any atom is 0.291 e. The molecule has 8 heteroatoms. The van der Waals surface area contributed by atoms with Crippen LogP contribution in [0.2, 0.25) is 0 Å². The second-order valence-electron chi connectivity index (χ2n) is 6.76. The van der Waals surface area contributed by atoms with Gasteiger partial charge < -0.3 is 14.2 Å². The summed E-state index contributed by atoms with van der Waals surface area (Å²) in [7, 11) is 1.62. The summed E-state index contributed by atoms with van der Waals surface area (Å²) < 4.78 is 18.5. The van der Waals surface area contributed by atoms with Crippen LogP contribution in [0.3, 0.4) is 0 Å². The summed E-state index contributed by atoms with van der Waals surface area (Å²) in [6, 6.07) is 13.1. The van der Waals surface area contributed by atoms with Crippen LogP contribution in [-0.2, 0) is 0 Å². The van der Waals surface area contributed by atoms with Gasteiger partial charge in [0.05, 0.1) is 24.9 Å². The number of fused-ring (bicyclic) bond motifs is 1. The van der Waals surface area contributed by atoms with Gasteiger partial charge in [-0.2, -0.15) is 9.50 Å². The van der Waals surface area contributed by atoms with E-state index in [-0.39, 0.29) is 5.56 Å². The minimum Gasteiger partial charge on any atom is -0.497 e. The van der Waals surface area contributed by atoms with Crippen LogP contribution in [0.15, 0.2) is 47.3 Å². The summed E-state index contributed by atoms with van der Waals surface area (Å²) in [5.74, 6) is 2.63. The van der Waals surface area contributed by atoms with Crippen molar-refractivity contribution in [1.29, 1.82) is 0 Å². The van der Waals surface area contributed by atoms with Crippen molar-refractivity contribution in [2.45, 2.75) is 20.3 Å². The number of thiazole rings is 1. The lowest BCUT2D eigenvalue weighted by Crippen LogP contribution is -2.23. The lowest BCUT2D eigenvalue weighted by Gasteiger charge is -2.11. The van der Waals surface area contributed by atoms with Gasteiger partial charge in [-0.1, -0.05) is 24.3 Å². The first-order chi connectivity index (χ1) is 15.1. The molecule has 0 saturated carbocycles. The lowest BCUT2D eigenvalue weighted by molar-refractivity contribution is 0.277. The quantitative estimate of drug-likeness (QED) is 0.420. The molecule has 4 aromatic rings. The van der Waals surface area contributed by atoms with Crippen molar-refractivity contribution in [3.63, 3.8) is 0 Å². The fourth-order valence-electron chi connectivity index (χ4n) is 3.06. The summed E-state index contributed by atoms with van der Waals surface area (Å²) in [5, 5.41) is 4.39. The molecule has 0 unspecified atom stereocenters. The highest BCUT2D eigenvalue weighted by Crippen LogP contribution is 2.29. The monoisotopic (exact) mass is 437 g/mol. The maximum absolute atomic E-state index is 12.9. The van der Waals surface area contributed by atoms with Crippen LogP contribution in [0.4, 0.5) is 0 Å². The fourth-order valence-corrected chi connectivity index (χ4v) is 3.97. The van der Waals surface area contributed by atoms with Gasteiger partial charge in [0.2, 0.25) is 4.96 Å². The molecule has 31 heavy (non-hydrogen) atoms. The van der Waals surface area contributed by atoms with E-state index < -0.39 is 0 Å². The van der Waals surface area contributed by atoms with Crippen molar-refractivity contribution >= 4 is 22.4 Å². The Morgan fingerprint density at radius 2 is 1.87 bits per heavy atom. The normalized spacial score (nSPS) is 11.8. The molecular formula is C23H23N3O4S. The number of nitrogens with zero attached hydrogens (tertiary/aromatic N) is 3. The highest BCUT2D eigenvalue weighted by molar-refractivity contribution is 7.15. The van der Waals surface area contributed by atoms with Crippen LogP contribution < -0.4 is 24.3 Å². The number of aromatic nitrogens is 3. The van der Waals surface area contributed by atoms with Gasteiger partial charge in [-0.15, -0.1) is 5.10 Å². The van der Waals surface area contributed by atoms with Crippen LogP contribution in [0.25, 0.3) is 22.4 Å². The van der Waals surface area contributed by atoms with Crippen molar-refractivity contribution in [2.24, 2.45) is 0 Å². The smallest absolute Gasteiger partial charge is 0.291 e. The fraction of sp³-hybridized carbons (Fsp3) is 0.261. The molecule has 0 aliphatic carbocycles. The van der Waals surface area contributed by atoms with Gasteiger partial charge in [0, 0.05) is 5.56 Å². The predicted molar refractivity (Wildman–Crippen MR) is 121 cm³/mol. The molecule has 0 atom stereocenters. The van der Waals surface area contributed by atoms with Gasteiger partial charge in [-0.3, -0.25) is 4.79 Å². The van der Waals surface area contributed by atoms with Gasteiger partial charge in [0.25, 0.3) is 5.56 Å². The van der Waals surface area contributed by atoms with E-state index >= 15 is 0 Å². The van der Waals surface area contributed by atoms with Crippen molar-refractivity contribution in [1.82, 2.24) is 14.6 Å². The first-order valence-electron chi connectivity index (χ1n) is 10.1. The summed E-state index contributed by atoms with van der Waals surface area (Å²) in [6.45, 7) is 5.14. The number of methoxy groups -OCH3 is 1. The molecule has 2 aromatic heterocycles. The molecule has 0 bridgehead atoms. The highest BCUT2D eigenvalue weighted by atomic mass is 32.1. The molecule has 0 saturated heterocycles. The van der Waals surface area contributed by atoms with Gasteiger partial charge in [-0.05, 0) is 61.4 Å². The first-order valence-corrected chi connectivity index (χ1v) is 10.9. The number of rotatable bonds is 8. The molecule has 2 heterocycles. The Balaban J connectivity index is 1.68. The number of hydrogen-bond acceptors (Lipinski definition) is 7. The number of hydrogen-bond donors (Lipinski definition) is 0. The zero-order chi connectivity index (χ0) is 21.8. The largest absolute Gasteiger partial charge is 0.497 e. The van der Waals surface area contributed by atoms with E-state index in [1.807, 2.05) is 55.5 Å². The Labute approximate surface area is 183 Å². The maximum atomic E-state index is 12.9. The molecule has 0 aliphatic rings. The van der Waals surface area contributed by atoms with E-state index in [1.54, 1.807) is 7.11 Å². The van der Waals surface area contributed by atoms with Crippen LogP contribution in [0, 0.1) is 0 Å². The standard InChI is InChI=1S/C23H23N3O4S/c1-4-12-30-18-11-6-15(13-19(18)29-5-2)14-20-22(27)26-23(31-20)24-21(25-26)16-7-9-17(28-3)10-8-16/h6-11,13-14H,4-5,12H2,1-3H3. The zero-order valence-corrected chi connectivity index (χ0v) is 18.4.